The Labute approximate surface area is 119 Å². The first-order valence-electron chi connectivity index (χ1n) is 7.33. The van der Waals surface area contributed by atoms with Gasteiger partial charge in [0, 0.05) is 19.6 Å². The van der Waals surface area contributed by atoms with Gasteiger partial charge in [-0.3, -0.25) is 0 Å². The molecule has 20 heavy (non-hydrogen) atoms. The van der Waals surface area contributed by atoms with Crippen molar-refractivity contribution in [1.82, 2.24) is 30.3 Å². The van der Waals surface area contributed by atoms with E-state index in [1.807, 2.05) is 11.5 Å². The lowest BCUT2D eigenvalue weighted by atomic mass is 10.1. The van der Waals surface area contributed by atoms with Crippen molar-refractivity contribution < 1.29 is 4.79 Å². The normalized spacial score (nSPS) is 19.2. The number of carbonyl (C=O) groups is 1. The van der Waals surface area contributed by atoms with E-state index in [1.54, 1.807) is 6.33 Å². The second kappa shape index (κ2) is 7.23. The van der Waals surface area contributed by atoms with E-state index in [0.717, 1.165) is 45.0 Å². The number of aromatic nitrogens is 3. The molecule has 0 aromatic carbocycles. The summed E-state index contributed by atoms with van der Waals surface area (Å²) in [4.78, 5) is 14.2. The van der Waals surface area contributed by atoms with Crippen LogP contribution in [0.1, 0.15) is 26.1 Å². The molecule has 0 bridgehead atoms. The molecule has 1 aliphatic heterocycles. The van der Waals surface area contributed by atoms with Crippen molar-refractivity contribution in [2.45, 2.75) is 33.4 Å². The highest BCUT2D eigenvalue weighted by atomic mass is 16.2. The minimum atomic E-state index is -0.134. The lowest BCUT2D eigenvalue weighted by molar-refractivity contribution is 0.238. The predicted octanol–water partition coefficient (Wildman–Crippen LogP) is 0.439. The number of likely N-dealkylation sites (tertiary alicyclic amines) is 1. The molecule has 112 valence electrons. The smallest absolute Gasteiger partial charge is 0.315 e. The molecule has 1 aliphatic rings. The van der Waals surface area contributed by atoms with Crippen molar-refractivity contribution in [2.24, 2.45) is 5.92 Å². The van der Waals surface area contributed by atoms with Crippen LogP contribution in [0, 0.1) is 5.92 Å². The lowest BCUT2D eigenvalue weighted by Gasteiger charge is -2.14. The van der Waals surface area contributed by atoms with Crippen molar-refractivity contribution in [2.75, 3.05) is 26.2 Å². The third-order valence-electron chi connectivity index (χ3n) is 3.81. The highest BCUT2D eigenvalue weighted by Crippen LogP contribution is 2.14. The predicted molar refractivity (Wildman–Crippen MR) is 76.2 cm³/mol. The van der Waals surface area contributed by atoms with Gasteiger partial charge < -0.3 is 20.1 Å². The zero-order valence-electron chi connectivity index (χ0n) is 12.3. The monoisotopic (exact) mass is 280 g/mol. The first-order valence-corrected chi connectivity index (χ1v) is 7.33. The fraction of sp³-hybridized carbons (Fsp3) is 0.769. The lowest BCUT2D eigenvalue weighted by Crippen LogP contribution is -2.38. The van der Waals surface area contributed by atoms with Crippen molar-refractivity contribution in [3.8, 4) is 0 Å². The topological polar surface area (TPSA) is 75.1 Å². The quantitative estimate of drug-likeness (QED) is 0.793. The number of nitrogens with one attached hydrogen (secondary N) is 2. The van der Waals surface area contributed by atoms with Crippen LogP contribution in [0.5, 0.6) is 0 Å². The van der Waals surface area contributed by atoms with E-state index in [9.17, 15) is 4.79 Å². The first kappa shape index (κ1) is 14.8. The minimum absolute atomic E-state index is 0.134. The van der Waals surface area contributed by atoms with Gasteiger partial charge in [0.1, 0.15) is 6.33 Å². The van der Waals surface area contributed by atoms with Gasteiger partial charge >= 0.3 is 6.03 Å². The molecule has 0 spiro atoms. The zero-order valence-corrected chi connectivity index (χ0v) is 12.3. The highest BCUT2D eigenvalue weighted by molar-refractivity contribution is 5.73. The third-order valence-corrected chi connectivity index (χ3v) is 3.81. The van der Waals surface area contributed by atoms with Crippen molar-refractivity contribution in [3.63, 3.8) is 0 Å². The van der Waals surface area contributed by atoms with Crippen LogP contribution in [0.2, 0.25) is 0 Å². The Bertz CT molecular complexity index is 432. The summed E-state index contributed by atoms with van der Waals surface area (Å²) in [5.41, 5.74) is 0. The van der Waals surface area contributed by atoms with Crippen LogP contribution >= 0.6 is 0 Å². The fourth-order valence-corrected chi connectivity index (χ4v) is 2.51. The number of urea groups is 1. The maximum absolute atomic E-state index is 11.8. The van der Waals surface area contributed by atoms with Crippen molar-refractivity contribution in [1.29, 1.82) is 0 Å². The summed E-state index contributed by atoms with van der Waals surface area (Å²) in [7, 11) is 0. The van der Waals surface area contributed by atoms with Crippen LogP contribution in [0.3, 0.4) is 0 Å². The number of nitrogens with zero attached hydrogens (tertiary/aromatic N) is 4. The summed E-state index contributed by atoms with van der Waals surface area (Å²) >= 11 is 0. The number of hydrogen-bond acceptors (Lipinski definition) is 4. The largest absolute Gasteiger partial charge is 0.338 e. The van der Waals surface area contributed by atoms with Gasteiger partial charge in [0.05, 0.1) is 6.54 Å². The van der Waals surface area contributed by atoms with Crippen LogP contribution in [0.15, 0.2) is 6.33 Å². The van der Waals surface area contributed by atoms with Crippen LogP contribution in [0.25, 0.3) is 0 Å². The molecule has 7 heteroatoms. The molecular formula is C13H24N6O. The van der Waals surface area contributed by atoms with Gasteiger partial charge in [0.15, 0.2) is 5.82 Å². The molecule has 1 fully saturated rings. The Morgan fingerprint density at radius 1 is 1.40 bits per heavy atom. The molecule has 2 rings (SSSR count). The van der Waals surface area contributed by atoms with E-state index in [-0.39, 0.29) is 6.03 Å². The Hall–Kier alpha value is -1.63. The van der Waals surface area contributed by atoms with E-state index < -0.39 is 0 Å². The maximum atomic E-state index is 11.8. The summed E-state index contributed by atoms with van der Waals surface area (Å²) in [6, 6.07) is -0.134. The van der Waals surface area contributed by atoms with E-state index >= 15 is 0 Å². The molecular weight excluding hydrogens is 256 g/mol. The number of carbonyl (C=O) groups excluding carboxylic acids is 1. The molecule has 1 atom stereocenters. The van der Waals surface area contributed by atoms with Crippen LogP contribution in [0.4, 0.5) is 4.79 Å². The molecule has 0 aliphatic carbocycles. The van der Waals surface area contributed by atoms with Gasteiger partial charge in [-0.05, 0) is 32.4 Å². The van der Waals surface area contributed by atoms with Gasteiger partial charge in [-0.15, -0.1) is 10.2 Å². The second-order valence-electron chi connectivity index (χ2n) is 5.14. The molecule has 1 aromatic rings. The summed E-state index contributed by atoms with van der Waals surface area (Å²) in [5.74, 6) is 1.35. The van der Waals surface area contributed by atoms with Gasteiger partial charge in [-0.2, -0.15) is 0 Å². The van der Waals surface area contributed by atoms with E-state index in [4.69, 9.17) is 0 Å². The summed E-state index contributed by atoms with van der Waals surface area (Å²) in [5, 5.41) is 13.6. The molecule has 1 saturated heterocycles. The summed E-state index contributed by atoms with van der Waals surface area (Å²) in [6.07, 6.45) is 2.84. The third kappa shape index (κ3) is 3.93. The number of amides is 2. The molecule has 2 heterocycles. The zero-order chi connectivity index (χ0) is 14.4. The van der Waals surface area contributed by atoms with Crippen molar-refractivity contribution in [3.05, 3.63) is 12.2 Å². The molecule has 2 amide bonds. The molecule has 0 unspecified atom stereocenters. The Kier molecular flexibility index (Phi) is 5.34. The van der Waals surface area contributed by atoms with Crippen LogP contribution < -0.4 is 10.6 Å². The highest BCUT2D eigenvalue weighted by Gasteiger charge is 2.21. The Morgan fingerprint density at radius 2 is 2.25 bits per heavy atom. The Balaban J connectivity index is 1.66. The average molecular weight is 280 g/mol. The van der Waals surface area contributed by atoms with E-state index in [1.165, 1.54) is 0 Å². The van der Waals surface area contributed by atoms with Gasteiger partial charge in [-0.25, -0.2) is 4.79 Å². The first-order chi connectivity index (χ1) is 9.72. The summed E-state index contributed by atoms with van der Waals surface area (Å²) < 4.78 is 1.91. The average Bonchev–Trinajstić information content (AvgIpc) is 3.11. The standard InChI is InChI=1S/C13H24N6O/c1-3-18-6-5-11(9-18)7-14-13(20)15-8-12-17-16-10-19(12)4-2/h10-11H,3-9H2,1-2H3,(H2,14,15,20)/t11-/m0/s1. The van der Waals surface area contributed by atoms with E-state index in [0.29, 0.717) is 12.5 Å². The van der Waals surface area contributed by atoms with Crippen LogP contribution in [-0.2, 0) is 13.1 Å². The number of aryl methyl sites for hydroxylation is 1. The Morgan fingerprint density at radius 3 is 2.95 bits per heavy atom. The molecule has 7 nitrogen and oxygen atoms in total. The van der Waals surface area contributed by atoms with Gasteiger partial charge in [0.2, 0.25) is 0 Å². The SMILES string of the molecule is CCN1CC[C@@H](CNC(=O)NCc2nncn2CC)C1. The van der Waals surface area contributed by atoms with Crippen LogP contribution in [-0.4, -0.2) is 51.9 Å². The molecule has 2 N–H and O–H groups in total. The van der Waals surface area contributed by atoms with Crippen molar-refractivity contribution >= 4 is 6.03 Å². The fourth-order valence-electron chi connectivity index (χ4n) is 2.51. The molecule has 1 aromatic heterocycles. The van der Waals surface area contributed by atoms with Gasteiger partial charge in [0.25, 0.3) is 0 Å². The maximum Gasteiger partial charge on any atom is 0.315 e. The second-order valence-corrected chi connectivity index (χ2v) is 5.14. The molecule has 0 saturated carbocycles. The minimum Gasteiger partial charge on any atom is -0.338 e. The number of rotatable bonds is 6. The summed E-state index contributed by atoms with van der Waals surface area (Å²) in [6.45, 7) is 9.47. The number of hydrogen-bond donors (Lipinski definition) is 2. The van der Waals surface area contributed by atoms with Gasteiger partial charge in [-0.1, -0.05) is 6.92 Å². The van der Waals surface area contributed by atoms with E-state index in [2.05, 4.69) is 32.7 Å². The molecule has 0 radical (unpaired) electrons.